The van der Waals surface area contributed by atoms with Gasteiger partial charge in [-0.2, -0.15) is 0 Å². The molecule has 0 spiro atoms. The van der Waals surface area contributed by atoms with E-state index in [1.807, 2.05) is 6.92 Å². The van der Waals surface area contributed by atoms with Crippen LogP contribution >= 0.6 is 0 Å². The molecule has 0 aliphatic rings. The maximum atomic E-state index is 9.25. The molecule has 0 aromatic carbocycles. The molecule has 3 nitrogen and oxygen atoms in total. The molecule has 0 aliphatic heterocycles. The second kappa shape index (κ2) is 7.30. The van der Waals surface area contributed by atoms with Gasteiger partial charge in [-0.3, -0.25) is 4.90 Å². The lowest BCUT2D eigenvalue weighted by Gasteiger charge is -2.24. The van der Waals surface area contributed by atoms with E-state index in [4.69, 9.17) is 4.74 Å². The molecule has 13 heavy (non-hydrogen) atoms. The fourth-order valence-corrected chi connectivity index (χ4v) is 1.37. The number of nitrogens with zero attached hydrogens (tertiary/aromatic N) is 1. The minimum atomic E-state index is -0.254. The van der Waals surface area contributed by atoms with Crippen molar-refractivity contribution < 1.29 is 9.84 Å². The van der Waals surface area contributed by atoms with Gasteiger partial charge in [-0.1, -0.05) is 13.8 Å². The highest BCUT2D eigenvalue weighted by Crippen LogP contribution is 1.99. The Bertz CT molecular complexity index is 105. The highest BCUT2D eigenvalue weighted by Gasteiger charge is 2.09. The van der Waals surface area contributed by atoms with E-state index in [1.54, 1.807) is 7.11 Å². The average molecular weight is 189 g/mol. The summed E-state index contributed by atoms with van der Waals surface area (Å²) in [5.74, 6) is 0.635. The van der Waals surface area contributed by atoms with Crippen LogP contribution in [0.15, 0.2) is 0 Å². The summed E-state index contributed by atoms with van der Waals surface area (Å²) >= 11 is 0. The van der Waals surface area contributed by atoms with Gasteiger partial charge in [0, 0.05) is 26.7 Å². The third kappa shape index (κ3) is 8.22. The molecular formula is C10H23NO2. The van der Waals surface area contributed by atoms with Crippen molar-refractivity contribution in [2.75, 3.05) is 33.4 Å². The molecule has 0 rings (SSSR count). The Morgan fingerprint density at radius 2 is 1.85 bits per heavy atom. The number of methoxy groups -OCH3 is 1. The van der Waals surface area contributed by atoms with Crippen molar-refractivity contribution in [3.63, 3.8) is 0 Å². The predicted molar refractivity (Wildman–Crippen MR) is 54.8 cm³/mol. The zero-order chi connectivity index (χ0) is 10.3. The Balaban J connectivity index is 3.73. The van der Waals surface area contributed by atoms with Crippen molar-refractivity contribution in [1.82, 2.24) is 4.90 Å². The molecule has 0 radical (unpaired) electrons. The van der Waals surface area contributed by atoms with Gasteiger partial charge in [-0.15, -0.1) is 0 Å². The third-order valence-electron chi connectivity index (χ3n) is 1.76. The molecule has 0 fully saturated rings. The van der Waals surface area contributed by atoms with Crippen LogP contribution < -0.4 is 0 Å². The first-order valence-corrected chi connectivity index (χ1v) is 4.95. The molecule has 1 N–H and O–H groups in total. The summed E-state index contributed by atoms with van der Waals surface area (Å²) in [6.07, 6.45) is -0.254. The minimum absolute atomic E-state index is 0.254. The van der Waals surface area contributed by atoms with Gasteiger partial charge in [0.05, 0.1) is 12.7 Å². The van der Waals surface area contributed by atoms with E-state index in [0.29, 0.717) is 5.92 Å². The van der Waals surface area contributed by atoms with Gasteiger partial charge < -0.3 is 9.84 Å². The number of ether oxygens (including phenoxy) is 1. The third-order valence-corrected chi connectivity index (χ3v) is 1.76. The quantitative estimate of drug-likeness (QED) is 0.648. The molecule has 3 heteroatoms. The molecule has 0 aromatic rings. The van der Waals surface area contributed by atoms with Crippen LogP contribution in [0.4, 0.5) is 0 Å². The van der Waals surface area contributed by atoms with Crippen molar-refractivity contribution in [3.05, 3.63) is 0 Å². The highest BCUT2D eigenvalue weighted by atomic mass is 16.5. The summed E-state index contributed by atoms with van der Waals surface area (Å²) in [4.78, 5) is 2.23. The smallest absolute Gasteiger partial charge is 0.0639 e. The van der Waals surface area contributed by atoms with Gasteiger partial charge in [0.25, 0.3) is 0 Å². The van der Waals surface area contributed by atoms with Crippen LogP contribution in [0.1, 0.15) is 20.8 Å². The lowest BCUT2D eigenvalue weighted by Crippen LogP contribution is -2.36. The first-order chi connectivity index (χ1) is 6.06. The monoisotopic (exact) mass is 189 g/mol. The first kappa shape index (κ1) is 12.9. The van der Waals surface area contributed by atoms with Gasteiger partial charge in [-0.25, -0.2) is 0 Å². The van der Waals surface area contributed by atoms with Crippen molar-refractivity contribution in [3.8, 4) is 0 Å². The number of aliphatic hydroxyl groups excluding tert-OH is 1. The summed E-state index contributed by atoms with van der Waals surface area (Å²) in [5, 5.41) is 9.25. The maximum Gasteiger partial charge on any atom is 0.0639 e. The van der Waals surface area contributed by atoms with E-state index < -0.39 is 0 Å². The van der Waals surface area contributed by atoms with E-state index in [9.17, 15) is 5.11 Å². The summed E-state index contributed by atoms with van der Waals surface area (Å²) in [6, 6.07) is 0. The standard InChI is InChI=1S/C10H23NO2/c1-9(2)7-11(5-6-13-4)8-10(3)12/h9-10,12H,5-8H2,1-4H3/t10-/m1/s1. The molecule has 0 amide bonds. The predicted octanol–water partition coefficient (Wildman–Crippen LogP) is 0.972. The van der Waals surface area contributed by atoms with Crippen LogP contribution in [0, 0.1) is 5.92 Å². The zero-order valence-corrected chi connectivity index (χ0v) is 9.29. The van der Waals surface area contributed by atoms with Gasteiger partial charge in [0.15, 0.2) is 0 Å². The Morgan fingerprint density at radius 3 is 2.23 bits per heavy atom. The van der Waals surface area contributed by atoms with Gasteiger partial charge in [0.1, 0.15) is 0 Å². The Hall–Kier alpha value is -0.120. The molecule has 0 aliphatic carbocycles. The molecule has 0 saturated carbocycles. The number of rotatable bonds is 7. The van der Waals surface area contributed by atoms with E-state index >= 15 is 0 Å². The van der Waals surface area contributed by atoms with Crippen LogP contribution in [0.3, 0.4) is 0 Å². The van der Waals surface area contributed by atoms with Gasteiger partial charge in [-0.05, 0) is 12.8 Å². The van der Waals surface area contributed by atoms with Crippen molar-refractivity contribution in [2.45, 2.75) is 26.9 Å². The van der Waals surface area contributed by atoms with Crippen molar-refractivity contribution >= 4 is 0 Å². The Kier molecular flexibility index (Phi) is 7.23. The second-order valence-corrected chi connectivity index (χ2v) is 4.00. The molecule has 0 unspecified atom stereocenters. The summed E-state index contributed by atoms with van der Waals surface area (Å²) in [7, 11) is 1.70. The molecule has 0 bridgehead atoms. The molecule has 0 heterocycles. The number of hydrogen-bond acceptors (Lipinski definition) is 3. The fourth-order valence-electron chi connectivity index (χ4n) is 1.37. The largest absolute Gasteiger partial charge is 0.392 e. The SMILES string of the molecule is COCCN(CC(C)C)C[C@@H](C)O. The van der Waals surface area contributed by atoms with E-state index in [0.717, 1.165) is 26.2 Å². The fraction of sp³-hybridized carbons (Fsp3) is 1.00. The molecule has 1 atom stereocenters. The van der Waals surface area contributed by atoms with E-state index in [-0.39, 0.29) is 6.10 Å². The van der Waals surface area contributed by atoms with Crippen molar-refractivity contribution in [2.24, 2.45) is 5.92 Å². The van der Waals surface area contributed by atoms with Crippen molar-refractivity contribution in [1.29, 1.82) is 0 Å². The van der Waals surface area contributed by atoms with Crippen LogP contribution in [0.25, 0.3) is 0 Å². The molecule has 0 aromatic heterocycles. The lowest BCUT2D eigenvalue weighted by molar-refractivity contribution is 0.0912. The summed E-state index contributed by atoms with van der Waals surface area (Å²) in [5.41, 5.74) is 0. The Morgan fingerprint density at radius 1 is 1.23 bits per heavy atom. The summed E-state index contributed by atoms with van der Waals surface area (Å²) in [6.45, 7) is 9.58. The second-order valence-electron chi connectivity index (χ2n) is 4.00. The first-order valence-electron chi connectivity index (χ1n) is 4.95. The van der Waals surface area contributed by atoms with Crippen LogP contribution in [0.2, 0.25) is 0 Å². The van der Waals surface area contributed by atoms with E-state index in [2.05, 4.69) is 18.7 Å². The molecule has 0 saturated heterocycles. The van der Waals surface area contributed by atoms with Crippen LogP contribution in [-0.2, 0) is 4.74 Å². The maximum absolute atomic E-state index is 9.25. The number of aliphatic hydroxyl groups is 1. The Labute approximate surface area is 81.7 Å². The minimum Gasteiger partial charge on any atom is -0.392 e. The highest BCUT2D eigenvalue weighted by molar-refractivity contribution is 4.62. The van der Waals surface area contributed by atoms with Crippen LogP contribution in [0.5, 0.6) is 0 Å². The van der Waals surface area contributed by atoms with Gasteiger partial charge >= 0.3 is 0 Å². The van der Waals surface area contributed by atoms with E-state index in [1.165, 1.54) is 0 Å². The van der Waals surface area contributed by atoms with Crippen LogP contribution in [-0.4, -0.2) is 49.5 Å². The normalized spacial score (nSPS) is 14.1. The molecular weight excluding hydrogens is 166 g/mol. The van der Waals surface area contributed by atoms with Gasteiger partial charge in [0.2, 0.25) is 0 Å². The number of hydrogen-bond donors (Lipinski definition) is 1. The molecule has 80 valence electrons. The lowest BCUT2D eigenvalue weighted by atomic mass is 10.2. The zero-order valence-electron chi connectivity index (χ0n) is 9.29. The average Bonchev–Trinajstić information content (AvgIpc) is 1.98. The topological polar surface area (TPSA) is 32.7 Å². The summed E-state index contributed by atoms with van der Waals surface area (Å²) < 4.78 is 5.01.